The number of rotatable bonds is 3. The van der Waals surface area contributed by atoms with Crippen molar-refractivity contribution in [1.82, 2.24) is 0 Å². The van der Waals surface area contributed by atoms with Crippen molar-refractivity contribution in [2.24, 2.45) is 0 Å². The van der Waals surface area contributed by atoms with Gasteiger partial charge in [-0.2, -0.15) is 0 Å². The van der Waals surface area contributed by atoms with Crippen LogP contribution in [0.3, 0.4) is 0 Å². The molecule has 6 nitrogen and oxygen atoms in total. The Balaban J connectivity index is 1.93. The molecule has 114 valence electrons. The third kappa shape index (κ3) is 2.68. The Morgan fingerprint density at radius 1 is 1.23 bits per heavy atom. The average molecular weight is 319 g/mol. The molecule has 22 heavy (non-hydrogen) atoms. The maximum atomic E-state index is 12.5. The van der Waals surface area contributed by atoms with E-state index in [1.165, 1.54) is 18.2 Å². The van der Waals surface area contributed by atoms with Gasteiger partial charge in [0.15, 0.2) is 9.84 Å². The van der Waals surface area contributed by atoms with Crippen LogP contribution >= 0.6 is 0 Å². The molecule has 8 heteroatoms. The Labute approximate surface area is 128 Å². The van der Waals surface area contributed by atoms with Gasteiger partial charge in [-0.25, -0.2) is 8.42 Å². The number of nitrogen functional groups attached to an aromatic ring is 1. The van der Waals surface area contributed by atoms with Gasteiger partial charge in [0.1, 0.15) is 5.75 Å². The standard InChI is InChI=1S/C14H14BNO5S/c16-13-6-11(17)3-4-14(13)22(19,20)8-9-1-2-10-7-21-15(18)12(10)5-9/h1-6,17-18H,7-8,16H2. The first-order valence-electron chi connectivity index (χ1n) is 6.59. The Hall–Kier alpha value is -2.03. The van der Waals surface area contributed by atoms with Gasteiger partial charge in [-0.15, -0.1) is 0 Å². The van der Waals surface area contributed by atoms with Crippen LogP contribution in [0, 0.1) is 0 Å². The van der Waals surface area contributed by atoms with Crippen LogP contribution in [-0.2, 0) is 26.9 Å². The maximum absolute atomic E-state index is 12.5. The second kappa shape index (κ2) is 5.31. The van der Waals surface area contributed by atoms with Crippen molar-refractivity contribution in [3.8, 4) is 5.75 Å². The number of phenols is 1. The largest absolute Gasteiger partial charge is 0.508 e. The number of hydrogen-bond donors (Lipinski definition) is 3. The minimum atomic E-state index is -3.65. The van der Waals surface area contributed by atoms with Crippen molar-refractivity contribution in [1.29, 1.82) is 0 Å². The minimum absolute atomic E-state index is 0.00419. The van der Waals surface area contributed by atoms with E-state index in [-0.39, 0.29) is 22.1 Å². The highest BCUT2D eigenvalue weighted by Crippen LogP contribution is 2.26. The minimum Gasteiger partial charge on any atom is -0.508 e. The highest BCUT2D eigenvalue weighted by Gasteiger charge is 2.28. The zero-order valence-electron chi connectivity index (χ0n) is 11.6. The topological polar surface area (TPSA) is 110 Å². The zero-order valence-corrected chi connectivity index (χ0v) is 12.4. The molecule has 1 aliphatic rings. The van der Waals surface area contributed by atoms with Gasteiger partial charge in [-0.3, -0.25) is 0 Å². The smallest absolute Gasteiger partial charge is 0.491 e. The normalized spacial score (nSPS) is 14.1. The van der Waals surface area contributed by atoms with E-state index in [9.17, 15) is 18.5 Å². The summed E-state index contributed by atoms with van der Waals surface area (Å²) < 4.78 is 30.0. The van der Waals surface area contributed by atoms with E-state index in [2.05, 4.69) is 0 Å². The summed E-state index contributed by atoms with van der Waals surface area (Å²) in [7, 11) is -4.67. The molecule has 0 saturated carbocycles. The maximum Gasteiger partial charge on any atom is 0.491 e. The lowest BCUT2D eigenvalue weighted by atomic mass is 9.79. The van der Waals surface area contributed by atoms with E-state index in [0.29, 0.717) is 17.6 Å². The van der Waals surface area contributed by atoms with Gasteiger partial charge >= 0.3 is 7.12 Å². The number of fused-ring (bicyclic) bond motifs is 1. The predicted molar refractivity (Wildman–Crippen MR) is 82.2 cm³/mol. The SMILES string of the molecule is Nc1cc(O)ccc1S(=O)(=O)Cc1ccc2c(c1)B(O)OC2. The average Bonchev–Trinajstić information content (AvgIpc) is 2.79. The van der Waals surface area contributed by atoms with Gasteiger partial charge in [0, 0.05) is 6.07 Å². The number of benzene rings is 2. The number of phenolic OH excluding ortho intramolecular Hbond substituents is 1. The van der Waals surface area contributed by atoms with Crippen LogP contribution in [0.5, 0.6) is 5.75 Å². The number of nitrogens with two attached hydrogens (primary N) is 1. The first kappa shape index (κ1) is 14.9. The molecule has 0 aliphatic carbocycles. The number of aromatic hydroxyl groups is 1. The molecule has 0 bridgehead atoms. The Kier molecular flexibility index (Phi) is 3.60. The molecule has 0 spiro atoms. The third-order valence-electron chi connectivity index (χ3n) is 3.56. The lowest BCUT2D eigenvalue weighted by Gasteiger charge is -2.09. The van der Waals surface area contributed by atoms with Crippen LogP contribution in [0.4, 0.5) is 5.69 Å². The summed E-state index contributed by atoms with van der Waals surface area (Å²) in [5.41, 5.74) is 7.65. The Bertz CT molecular complexity index is 837. The number of anilines is 1. The summed E-state index contributed by atoms with van der Waals surface area (Å²) in [6.45, 7) is 0.314. The summed E-state index contributed by atoms with van der Waals surface area (Å²) in [6.07, 6.45) is 0. The van der Waals surface area contributed by atoms with E-state index in [1.807, 2.05) is 0 Å². The molecule has 0 atom stereocenters. The molecule has 0 amide bonds. The van der Waals surface area contributed by atoms with E-state index >= 15 is 0 Å². The molecule has 1 heterocycles. The molecular formula is C14H14BNO5S. The van der Waals surface area contributed by atoms with Crippen LogP contribution in [0.1, 0.15) is 11.1 Å². The second-order valence-electron chi connectivity index (χ2n) is 5.18. The summed E-state index contributed by atoms with van der Waals surface area (Å²) in [5.74, 6) is -0.337. The molecule has 0 saturated heterocycles. The molecule has 2 aromatic rings. The number of hydrogen-bond acceptors (Lipinski definition) is 6. The van der Waals surface area contributed by atoms with Crippen molar-refractivity contribution in [3.05, 3.63) is 47.5 Å². The highest BCUT2D eigenvalue weighted by atomic mass is 32.2. The quantitative estimate of drug-likeness (QED) is 0.549. The fraction of sp³-hybridized carbons (Fsp3) is 0.143. The van der Waals surface area contributed by atoms with Crippen LogP contribution in [0.15, 0.2) is 41.3 Å². The van der Waals surface area contributed by atoms with Crippen molar-refractivity contribution in [2.45, 2.75) is 17.3 Å². The van der Waals surface area contributed by atoms with Crippen LogP contribution in [0.25, 0.3) is 0 Å². The van der Waals surface area contributed by atoms with Crippen LogP contribution in [0.2, 0.25) is 0 Å². The fourth-order valence-corrected chi connectivity index (χ4v) is 3.94. The lowest BCUT2D eigenvalue weighted by Crippen LogP contribution is -2.28. The monoisotopic (exact) mass is 319 g/mol. The van der Waals surface area contributed by atoms with Gasteiger partial charge in [0.25, 0.3) is 0 Å². The molecule has 2 aromatic carbocycles. The Morgan fingerprint density at radius 3 is 2.73 bits per heavy atom. The van der Waals surface area contributed by atoms with Gasteiger partial charge in [-0.05, 0) is 28.7 Å². The van der Waals surface area contributed by atoms with E-state index in [4.69, 9.17) is 10.4 Å². The molecule has 0 unspecified atom stereocenters. The zero-order chi connectivity index (χ0) is 15.9. The van der Waals surface area contributed by atoms with Crippen molar-refractivity contribution < 1.29 is 23.2 Å². The van der Waals surface area contributed by atoms with Crippen LogP contribution in [-0.4, -0.2) is 25.7 Å². The van der Waals surface area contributed by atoms with Crippen LogP contribution < -0.4 is 11.2 Å². The van der Waals surface area contributed by atoms with E-state index < -0.39 is 17.0 Å². The molecule has 0 fully saturated rings. The molecule has 1 aliphatic heterocycles. The third-order valence-corrected chi connectivity index (χ3v) is 5.31. The van der Waals surface area contributed by atoms with Crippen molar-refractivity contribution in [2.75, 3.05) is 5.73 Å². The molecule has 0 aromatic heterocycles. The van der Waals surface area contributed by atoms with Crippen molar-refractivity contribution >= 4 is 28.1 Å². The first-order chi connectivity index (χ1) is 10.4. The summed E-state index contributed by atoms with van der Waals surface area (Å²) in [4.78, 5) is -0.0254. The lowest BCUT2D eigenvalue weighted by molar-refractivity contribution is 0.275. The highest BCUT2D eigenvalue weighted by molar-refractivity contribution is 7.90. The number of sulfone groups is 1. The van der Waals surface area contributed by atoms with E-state index in [0.717, 1.165) is 5.56 Å². The van der Waals surface area contributed by atoms with Gasteiger partial charge in [0.2, 0.25) is 0 Å². The summed E-state index contributed by atoms with van der Waals surface area (Å²) in [6, 6.07) is 8.83. The van der Waals surface area contributed by atoms with Crippen molar-refractivity contribution in [3.63, 3.8) is 0 Å². The molecular weight excluding hydrogens is 305 g/mol. The van der Waals surface area contributed by atoms with E-state index in [1.54, 1.807) is 18.2 Å². The van der Waals surface area contributed by atoms with Gasteiger partial charge < -0.3 is 20.5 Å². The van der Waals surface area contributed by atoms with Gasteiger partial charge in [0.05, 0.1) is 22.9 Å². The molecule has 0 radical (unpaired) electrons. The second-order valence-corrected chi connectivity index (χ2v) is 7.14. The summed E-state index contributed by atoms with van der Waals surface area (Å²) in [5, 5.41) is 19.0. The molecule has 4 N–H and O–H groups in total. The predicted octanol–water partition coefficient (Wildman–Crippen LogP) is 0.166. The fourth-order valence-electron chi connectivity index (χ4n) is 2.47. The Morgan fingerprint density at radius 2 is 2.00 bits per heavy atom. The summed E-state index contributed by atoms with van der Waals surface area (Å²) >= 11 is 0. The first-order valence-corrected chi connectivity index (χ1v) is 8.25. The molecule has 3 rings (SSSR count). The van der Waals surface area contributed by atoms with Gasteiger partial charge in [-0.1, -0.05) is 18.2 Å².